The van der Waals surface area contributed by atoms with Crippen LogP contribution >= 0.6 is 0 Å². The van der Waals surface area contributed by atoms with Gasteiger partial charge in [-0.25, -0.2) is 29.3 Å². The molecule has 1 aliphatic rings. The number of piperazine rings is 1. The standard InChI is InChI=1S/C15H17FN8/c1-2-22-10-21-12-14(22)19-9-20-15(12)24-5-3-23(4-6-24)13-11(16)7-17-8-18-13/h7-10H,2-6H2,1H3. The number of hydrogen-bond donors (Lipinski definition) is 0. The lowest BCUT2D eigenvalue weighted by Crippen LogP contribution is -2.47. The summed E-state index contributed by atoms with van der Waals surface area (Å²) in [5.41, 5.74) is 1.65. The molecule has 3 aromatic heterocycles. The van der Waals surface area contributed by atoms with E-state index in [0.717, 1.165) is 23.5 Å². The highest BCUT2D eigenvalue weighted by molar-refractivity contribution is 5.83. The van der Waals surface area contributed by atoms with Crippen LogP contribution in [0.5, 0.6) is 0 Å². The van der Waals surface area contributed by atoms with Crippen molar-refractivity contribution in [3.05, 3.63) is 31.0 Å². The minimum Gasteiger partial charge on any atom is -0.351 e. The highest BCUT2D eigenvalue weighted by atomic mass is 19.1. The van der Waals surface area contributed by atoms with Gasteiger partial charge in [-0.05, 0) is 6.92 Å². The minimum atomic E-state index is -0.392. The van der Waals surface area contributed by atoms with E-state index in [1.54, 1.807) is 12.7 Å². The Hall–Kier alpha value is -2.84. The van der Waals surface area contributed by atoms with E-state index < -0.39 is 5.82 Å². The number of rotatable bonds is 3. The molecular weight excluding hydrogens is 311 g/mol. The van der Waals surface area contributed by atoms with Gasteiger partial charge < -0.3 is 14.4 Å². The molecule has 0 spiro atoms. The van der Waals surface area contributed by atoms with E-state index in [4.69, 9.17) is 0 Å². The van der Waals surface area contributed by atoms with Crippen LogP contribution in [0, 0.1) is 5.82 Å². The molecule has 1 saturated heterocycles. The predicted octanol–water partition coefficient (Wildman–Crippen LogP) is 1.10. The lowest BCUT2D eigenvalue weighted by atomic mass is 10.3. The van der Waals surface area contributed by atoms with Crippen molar-refractivity contribution in [2.75, 3.05) is 36.0 Å². The number of aromatic nitrogens is 6. The molecular formula is C15H17FN8. The summed E-state index contributed by atoms with van der Waals surface area (Å²) in [7, 11) is 0. The van der Waals surface area contributed by atoms with E-state index in [1.807, 2.05) is 9.47 Å². The number of halogens is 1. The van der Waals surface area contributed by atoms with Gasteiger partial charge in [0.05, 0.1) is 12.5 Å². The number of anilines is 2. The van der Waals surface area contributed by atoms with Crippen LogP contribution in [0.4, 0.5) is 16.0 Å². The Kier molecular flexibility index (Phi) is 3.68. The van der Waals surface area contributed by atoms with Gasteiger partial charge in [0.2, 0.25) is 0 Å². The van der Waals surface area contributed by atoms with Crippen molar-refractivity contribution in [2.24, 2.45) is 0 Å². The highest BCUT2D eigenvalue weighted by Gasteiger charge is 2.23. The quantitative estimate of drug-likeness (QED) is 0.712. The van der Waals surface area contributed by atoms with Crippen molar-refractivity contribution in [3.63, 3.8) is 0 Å². The molecule has 0 unspecified atom stereocenters. The number of fused-ring (bicyclic) bond motifs is 1. The molecule has 1 aliphatic heterocycles. The first-order valence-electron chi connectivity index (χ1n) is 7.89. The van der Waals surface area contributed by atoms with Gasteiger partial charge >= 0.3 is 0 Å². The molecule has 4 rings (SSSR count). The highest BCUT2D eigenvalue weighted by Crippen LogP contribution is 2.24. The van der Waals surface area contributed by atoms with E-state index in [-0.39, 0.29) is 0 Å². The zero-order valence-electron chi connectivity index (χ0n) is 13.3. The van der Waals surface area contributed by atoms with Gasteiger partial charge in [-0.3, -0.25) is 0 Å². The Bertz CT molecular complexity index is 856. The molecule has 9 heteroatoms. The molecule has 0 bridgehead atoms. The van der Waals surface area contributed by atoms with Crippen molar-refractivity contribution in [3.8, 4) is 0 Å². The first-order valence-corrected chi connectivity index (χ1v) is 7.89. The summed E-state index contributed by atoms with van der Waals surface area (Å²) < 4.78 is 15.8. The maximum Gasteiger partial charge on any atom is 0.183 e. The average molecular weight is 328 g/mol. The van der Waals surface area contributed by atoms with Crippen LogP contribution in [-0.2, 0) is 6.54 Å². The van der Waals surface area contributed by atoms with Crippen LogP contribution in [-0.4, -0.2) is 55.7 Å². The summed E-state index contributed by atoms with van der Waals surface area (Å²) in [6.45, 7) is 5.62. The van der Waals surface area contributed by atoms with E-state index in [1.165, 1.54) is 12.5 Å². The molecule has 3 aromatic rings. The van der Waals surface area contributed by atoms with Crippen LogP contribution in [0.3, 0.4) is 0 Å². The number of aryl methyl sites for hydroxylation is 1. The van der Waals surface area contributed by atoms with Gasteiger partial charge in [-0.2, -0.15) is 0 Å². The number of nitrogens with zero attached hydrogens (tertiary/aromatic N) is 8. The molecule has 4 heterocycles. The Morgan fingerprint density at radius 3 is 2.38 bits per heavy atom. The largest absolute Gasteiger partial charge is 0.351 e. The summed E-state index contributed by atoms with van der Waals surface area (Å²) in [4.78, 5) is 25.0. The second kappa shape index (κ2) is 5.99. The van der Waals surface area contributed by atoms with Crippen LogP contribution in [0.15, 0.2) is 25.2 Å². The van der Waals surface area contributed by atoms with E-state index in [0.29, 0.717) is 32.0 Å². The smallest absolute Gasteiger partial charge is 0.183 e. The van der Waals surface area contributed by atoms with Crippen molar-refractivity contribution in [1.82, 2.24) is 29.5 Å². The molecule has 1 fully saturated rings. The summed E-state index contributed by atoms with van der Waals surface area (Å²) in [6, 6.07) is 0. The fourth-order valence-corrected chi connectivity index (χ4v) is 3.00. The van der Waals surface area contributed by atoms with E-state index >= 15 is 0 Å². The van der Waals surface area contributed by atoms with Crippen molar-refractivity contribution in [2.45, 2.75) is 13.5 Å². The molecule has 0 aliphatic carbocycles. The first kappa shape index (κ1) is 14.7. The molecule has 0 N–H and O–H groups in total. The lowest BCUT2D eigenvalue weighted by molar-refractivity contribution is 0.581. The monoisotopic (exact) mass is 328 g/mol. The Morgan fingerprint density at radius 2 is 1.67 bits per heavy atom. The fraction of sp³-hybridized carbons (Fsp3) is 0.400. The van der Waals surface area contributed by atoms with Gasteiger partial charge in [0, 0.05) is 32.7 Å². The maximum absolute atomic E-state index is 13.8. The summed E-state index contributed by atoms with van der Waals surface area (Å²) in [5.74, 6) is 0.792. The third-order valence-corrected chi connectivity index (χ3v) is 4.25. The molecule has 0 aromatic carbocycles. The topological polar surface area (TPSA) is 75.9 Å². The molecule has 24 heavy (non-hydrogen) atoms. The Morgan fingerprint density at radius 1 is 0.958 bits per heavy atom. The molecule has 0 amide bonds. The maximum atomic E-state index is 13.8. The summed E-state index contributed by atoms with van der Waals surface area (Å²) in [6.07, 6.45) is 5.92. The lowest BCUT2D eigenvalue weighted by Gasteiger charge is -2.35. The zero-order chi connectivity index (χ0) is 16.5. The average Bonchev–Trinajstić information content (AvgIpc) is 3.05. The third-order valence-electron chi connectivity index (χ3n) is 4.25. The van der Waals surface area contributed by atoms with Crippen molar-refractivity contribution in [1.29, 1.82) is 0 Å². The first-order chi connectivity index (χ1) is 11.8. The van der Waals surface area contributed by atoms with E-state index in [2.05, 4.69) is 36.7 Å². The van der Waals surface area contributed by atoms with Crippen LogP contribution in [0.25, 0.3) is 11.2 Å². The van der Waals surface area contributed by atoms with Crippen LogP contribution in [0.2, 0.25) is 0 Å². The number of imidazole rings is 1. The van der Waals surface area contributed by atoms with Crippen LogP contribution in [0.1, 0.15) is 6.92 Å². The predicted molar refractivity (Wildman–Crippen MR) is 87.4 cm³/mol. The second-order valence-corrected chi connectivity index (χ2v) is 5.57. The zero-order valence-corrected chi connectivity index (χ0v) is 13.3. The van der Waals surface area contributed by atoms with Crippen molar-refractivity contribution < 1.29 is 4.39 Å². The van der Waals surface area contributed by atoms with Gasteiger partial charge in [-0.15, -0.1) is 0 Å². The Labute approximate surface area is 138 Å². The van der Waals surface area contributed by atoms with Gasteiger partial charge in [-0.1, -0.05) is 0 Å². The number of hydrogen-bond acceptors (Lipinski definition) is 7. The van der Waals surface area contributed by atoms with Gasteiger partial charge in [0.25, 0.3) is 0 Å². The third kappa shape index (κ3) is 2.41. The molecule has 8 nitrogen and oxygen atoms in total. The molecule has 124 valence electrons. The Balaban J connectivity index is 1.56. The normalized spacial score (nSPS) is 15.2. The van der Waals surface area contributed by atoms with Gasteiger partial charge in [0.15, 0.2) is 28.6 Å². The molecule has 0 atom stereocenters. The SMILES string of the molecule is CCn1cnc2c(N3CCN(c4ncncc4F)CC3)ncnc21. The van der Waals surface area contributed by atoms with Crippen LogP contribution < -0.4 is 9.80 Å². The summed E-state index contributed by atoms with van der Waals surface area (Å²) >= 11 is 0. The molecule has 0 saturated carbocycles. The van der Waals surface area contributed by atoms with Gasteiger partial charge in [0.1, 0.15) is 12.7 Å². The summed E-state index contributed by atoms with van der Waals surface area (Å²) in [5, 5.41) is 0. The minimum absolute atomic E-state index is 0.354. The van der Waals surface area contributed by atoms with E-state index in [9.17, 15) is 4.39 Å². The molecule has 0 radical (unpaired) electrons. The second-order valence-electron chi connectivity index (χ2n) is 5.57. The van der Waals surface area contributed by atoms with Crippen molar-refractivity contribution >= 4 is 22.8 Å². The fourth-order valence-electron chi connectivity index (χ4n) is 3.00.